The number of nitrogens with zero attached hydrogens (tertiary/aromatic N) is 6. The van der Waals surface area contributed by atoms with E-state index in [0.29, 0.717) is 11.3 Å². The summed E-state index contributed by atoms with van der Waals surface area (Å²) in [6.07, 6.45) is 0. The molecule has 0 aliphatic carbocycles. The number of aromatic nitrogens is 3. The van der Waals surface area contributed by atoms with E-state index in [1.165, 1.54) is 36.2 Å². The molecule has 0 fully saturated rings. The normalized spacial score (nSPS) is 11.3. The third kappa shape index (κ3) is 11.7. The predicted octanol–water partition coefficient (Wildman–Crippen LogP) is -3.62. The van der Waals surface area contributed by atoms with E-state index in [1.807, 2.05) is 0 Å². The van der Waals surface area contributed by atoms with E-state index in [0.717, 1.165) is 6.07 Å². The minimum atomic E-state index is -4.84. The maximum absolute atomic E-state index is 11.6. The van der Waals surface area contributed by atoms with Crippen LogP contribution in [0.3, 0.4) is 0 Å². The summed E-state index contributed by atoms with van der Waals surface area (Å²) in [5.41, 5.74) is 5.98. The summed E-state index contributed by atoms with van der Waals surface area (Å²) >= 11 is 5.95. The van der Waals surface area contributed by atoms with Crippen LogP contribution in [0.15, 0.2) is 51.5 Å². The van der Waals surface area contributed by atoms with E-state index >= 15 is 0 Å². The average molecular weight is 644 g/mol. The second kappa shape index (κ2) is 15.5. The fraction of sp³-hybridized carbons (Fsp3) is 0.200. The Bertz CT molecular complexity index is 1660. The SMILES string of the molecule is Cc1ccc(N=Nc2ccc(Nc3nc(Cl)nc(N(C)CCS(=O)(=O)[O-])n3)cc2NC(N)=O)c(S(=O)(=O)[O-])c1.[Na+].[Na+]. The molecule has 4 N–H and O–H groups in total. The van der Waals surface area contributed by atoms with Crippen LogP contribution >= 0.6 is 11.6 Å². The van der Waals surface area contributed by atoms with Gasteiger partial charge in [-0.2, -0.15) is 15.0 Å². The fourth-order valence-electron chi connectivity index (χ4n) is 2.99. The molecule has 1 heterocycles. The van der Waals surface area contributed by atoms with Gasteiger partial charge in [-0.25, -0.2) is 21.6 Å². The zero-order valence-corrected chi connectivity index (χ0v) is 28.6. The zero-order valence-electron chi connectivity index (χ0n) is 22.2. The molecule has 0 spiro atoms. The van der Waals surface area contributed by atoms with Crippen LogP contribution < -0.4 is 80.4 Å². The van der Waals surface area contributed by atoms with Gasteiger partial charge in [-0.15, -0.1) is 10.2 Å². The maximum Gasteiger partial charge on any atom is 1.00 e. The summed E-state index contributed by atoms with van der Waals surface area (Å²) in [4.78, 5) is 24.3. The molecule has 2 aromatic carbocycles. The van der Waals surface area contributed by atoms with E-state index < -0.39 is 36.9 Å². The number of halogens is 1. The van der Waals surface area contributed by atoms with Crippen molar-refractivity contribution in [3.8, 4) is 0 Å². The molecule has 3 aromatic rings. The summed E-state index contributed by atoms with van der Waals surface area (Å²) in [5, 5.41) is 12.8. The van der Waals surface area contributed by atoms with Crippen molar-refractivity contribution in [3.63, 3.8) is 0 Å². The Morgan fingerprint density at radius 2 is 1.66 bits per heavy atom. The topological polar surface area (TPSA) is 248 Å². The summed E-state index contributed by atoms with van der Waals surface area (Å²) < 4.78 is 67.6. The fourth-order valence-corrected chi connectivity index (χ4v) is 4.34. The number of amides is 2. The number of hydrogen-bond acceptors (Lipinski definition) is 14. The van der Waals surface area contributed by atoms with Gasteiger partial charge in [-0.3, -0.25) is 0 Å². The molecule has 0 aliphatic heterocycles. The third-order valence-corrected chi connectivity index (χ3v) is 6.49. The maximum atomic E-state index is 11.6. The molecular weight excluding hydrogens is 624 g/mol. The van der Waals surface area contributed by atoms with Crippen LogP contribution in [-0.2, 0) is 20.2 Å². The largest absolute Gasteiger partial charge is 1.00 e. The molecule has 2 amide bonds. The number of carbonyl (C=O) groups excluding carboxylic acids is 1. The van der Waals surface area contributed by atoms with Gasteiger partial charge < -0.3 is 30.4 Å². The molecule has 41 heavy (non-hydrogen) atoms. The van der Waals surface area contributed by atoms with Crippen LogP contribution in [0.5, 0.6) is 0 Å². The first-order valence-electron chi connectivity index (χ1n) is 10.6. The number of carbonyl (C=O) groups is 1. The number of primary amides is 1. The van der Waals surface area contributed by atoms with Crippen molar-refractivity contribution in [2.45, 2.75) is 11.8 Å². The summed E-state index contributed by atoms with van der Waals surface area (Å²) in [7, 11) is -7.85. The molecule has 16 nitrogen and oxygen atoms in total. The first-order valence-corrected chi connectivity index (χ1v) is 14.0. The van der Waals surface area contributed by atoms with Crippen molar-refractivity contribution in [2.24, 2.45) is 16.0 Å². The molecule has 1 aromatic heterocycles. The van der Waals surface area contributed by atoms with Gasteiger partial charge in [-0.1, -0.05) is 6.07 Å². The molecular formula is C20H20ClN9Na2O7S2. The van der Waals surface area contributed by atoms with E-state index in [4.69, 9.17) is 17.3 Å². The molecule has 0 aliphatic rings. The number of nitrogens with one attached hydrogen (secondary N) is 2. The third-order valence-electron chi connectivity index (χ3n) is 4.78. The van der Waals surface area contributed by atoms with E-state index in [1.54, 1.807) is 13.0 Å². The van der Waals surface area contributed by atoms with Crippen LogP contribution in [0.4, 0.5) is 39.4 Å². The van der Waals surface area contributed by atoms with Crippen LogP contribution in [0, 0.1) is 6.92 Å². The summed E-state index contributed by atoms with van der Waals surface area (Å²) in [5.74, 6) is -0.770. The molecule has 21 heteroatoms. The number of aryl methyl sites for hydroxylation is 1. The Kier molecular flexibility index (Phi) is 14.0. The van der Waals surface area contributed by atoms with Crippen molar-refractivity contribution in [3.05, 3.63) is 47.2 Å². The van der Waals surface area contributed by atoms with Gasteiger partial charge in [0, 0.05) is 19.3 Å². The molecule has 0 radical (unpaired) electrons. The molecule has 0 saturated carbocycles. The van der Waals surface area contributed by atoms with E-state index in [-0.39, 0.29) is 99.9 Å². The van der Waals surface area contributed by atoms with Crippen molar-refractivity contribution in [1.82, 2.24) is 15.0 Å². The Labute approximate surface area is 284 Å². The van der Waals surface area contributed by atoms with Gasteiger partial charge in [0.25, 0.3) is 0 Å². The Morgan fingerprint density at radius 1 is 1.02 bits per heavy atom. The number of benzene rings is 2. The molecule has 0 unspecified atom stereocenters. The monoisotopic (exact) mass is 643 g/mol. The number of azo groups is 1. The number of hydrogen-bond donors (Lipinski definition) is 3. The van der Waals surface area contributed by atoms with Crippen molar-refractivity contribution >= 4 is 72.5 Å². The molecule has 0 bridgehead atoms. The van der Waals surface area contributed by atoms with Gasteiger partial charge in [0.1, 0.15) is 21.5 Å². The number of nitrogens with two attached hydrogens (primary N) is 1. The molecule has 3 rings (SSSR count). The van der Waals surface area contributed by atoms with Crippen molar-refractivity contribution in [1.29, 1.82) is 0 Å². The Hall–Kier alpha value is -1.97. The first-order chi connectivity index (χ1) is 18.1. The van der Waals surface area contributed by atoms with Crippen LogP contribution in [-0.4, -0.2) is 66.3 Å². The quantitative estimate of drug-likeness (QED) is 0.110. The minimum absolute atomic E-state index is 0. The van der Waals surface area contributed by atoms with Gasteiger partial charge in [0.2, 0.25) is 17.2 Å². The Balaban J connectivity index is 0.00000420. The predicted molar refractivity (Wildman–Crippen MR) is 139 cm³/mol. The van der Waals surface area contributed by atoms with E-state index in [2.05, 4.69) is 35.8 Å². The first kappa shape index (κ1) is 37.1. The average Bonchev–Trinajstić information content (AvgIpc) is 2.81. The van der Waals surface area contributed by atoms with Crippen LogP contribution in [0.25, 0.3) is 0 Å². The van der Waals surface area contributed by atoms with Gasteiger partial charge in [0.15, 0.2) is 0 Å². The molecule has 208 valence electrons. The molecule has 0 atom stereocenters. The molecule has 0 saturated heterocycles. The minimum Gasteiger partial charge on any atom is -0.748 e. The second-order valence-electron chi connectivity index (χ2n) is 7.88. The van der Waals surface area contributed by atoms with Crippen molar-refractivity contribution in [2.75, 3.05) is 34.9 Å². The summed E-state index contributed by atoms with van der Waals surface area (Å²) in [6, 6.07) is 7.33. The van der Waals surface area contributed by atoms with Gasteiger partial charge in [0.05, 0.1) is 26.5 Å². The zero-order chi connectivity index (χ0) is 29.0. The number of anilines is 4. The Morgan fingerprint density at radius 3 is 2.27 bits per heavy atom. The summed E-state index contributed by atoms with van der Waals surface area (Å²) in [6.45, 7) is 1.41. The van der Waals surface area contributed by atoms with Gasteiger partial charge >= 0.3 is 65.1 Å². The number of rotatable bonds is 10. The van der Waals surface area contributed by atoms with Crippen LogP contribution in [0.1, 0.15) is 5.56 Å². The number of urea groups is 1. The van der Waals surface area contributed by atoms with Crippen LogP contribution in [0.2, 0.25) is 5.28 Å². The van der Waals surface area contributed by atoms with Gasteiger partial charge in [-0.05, 0) is 54.4 Å². The second-order valence-corrected chi connectivity index (χ2v) is 11.1. The smallest absolute Gasteiger partial charge is 0.748 e. The van der Waals surface area contributed by atoms with E-state index in [9.17, 15) is 30.7 Å². The van der Waals surface area contributed by atoms with Crippen molar-refractivity contribution < 1.29 is 89.9 Å². The standard InChI is InChI=1S/C20H22ClN9O7S2.2Na/c1-11-3-5-14(16(9-11)39(35,36)37)29-28-13-6-4-12(10-15(13)24-18(22)31)23-19-25-17(21)26-20(27-19)30(2)7-8-38(32,33)34;;/h3-6,9-10H,7-8H2,1-2H3,(H3,22,24,31)(H,32,33,34)(H,35,36,37)(H,23,25,26,27);;/q;2*+1/p-2.